The lowest BCUT2D eigenvalue weighted by Crippen LogP contribution is -2.38. The number of aromatic nitrogens is 2. The molecule has 2 aliphatic rings. The van der Waals surface area contributed by atoms with Crippen LogP contribution in [0.15, 0.2) is 18.2 Å². The number of piperidine rings is 1. The van der Waals surface area contributed by atoms with E-state index in [1.165, 1.54) is 0 Å². The average molecular weight is 285 g/mol. The Bertz CT molecular complexity index is 707. The summed E-state index contributed by atoms with van der Waals surface area (Å²) in [5.74, 6) is 1.51. The maximum atomic E-state index is 12.1. The number of anilines is 1. The fourth-order valence-corrected chi connectivity index (χ4v) is 3.60. The number of ketones is 1. The fourth-order valence-electron chi connectivity index (χ4n) is 3.60. The molecule has 0 aliphatic carbocycles. The smallest absolute Gasteiger partial charge is 0.206 e. The lowest BCUT2D eigenvalue weighted by Gasteiger charge is -2.33. The highest BCUT2D eigenvalue weighted by atomic mass is 16.3. The Hall–Kier alpha value is -1.88. The van der Waals surface area contributed by atoms with Gasteiger partial charge in [-0.25, -0.2) is 4.98 Å². The van der Waals surface area contributed by atoms with E-state index >= 15 is 0 Å². The van der Waals surface area contributed by atoms with Crippen molar-refractivity contribution in [3.8, 4) is 0 Å². The molecular formula is C16H19N3O2. The van der Waals surface area contributed by atoms with Gasteiger partial charge in [0.1, 0.15) is 0 Å². The first-order chi connectivity index (χ1) is 10.3. The molecule has 0 radical (unpaired) electrons. The molecule has 5 nitrogen and oxygen atoms in total. The number of Topliss-reactive ketones (excluding diaryl/α,β-unsaturated/α-hetero) is 1. The maximum absolute atomic E-state index is 12.1. The van der Waals surface area contributed by atoms with Crippen LogP contribution in [0.1, 0.15) is 29.6 Å². The van der Waals surface area contributed by atoms with E-state index in [4.69, 9.17) is 4.98 Å². The molecule has 1 N–H and O–H groups in total. The van der Waals surface area contributed by atoms with Crippen LogP contribution in [0.2, 0.25) is 0 Å². The Morgan fingerprint density at radius 3 is 3.10 bits per heavy atom. The number of nitrogens with zero attached hydrogens (tertiary/aromatic N) is 3. The molecule has 1 fully saturated rings. The summed E-state index contributed by atoms with van der Waals surface area (Å²) in [7, 11) is 0. The Morgan fingerprint density at radius 2 is 2.24 bits per heavy atom. The molecule has 4 rings (SSSR count). The molecule has 21 heavy (non-hydrogen) atoms. The van der Waals surface area contributed by atoms with Crippen LogP contribution in [0, 0.1) is 5.92 Å². The Balaban J connectivity index is 1.82. The molecule has 0 amide bonds. The van der Waals surface area contributed by atoms with Crippen LogP contribution in [0.3, 0.4) is 0 Å². The van der Waals surface area contributed by atoms with Crippen LogP contribution in [-0.2, 0) is 6.54 Å². The summed E-state index contributed by atoms with van der Waals surface area (Å²) in [5, 5.41) is 9.41. The lowest BCUT2D eigenvalue weighted by molar-refractivity contribution is 0.0973. The van der Waals surface area contributed by atoms with E-state index in [2.05, 4.69) is 9.47 Å². The number of para-hydroxylation sites is 1. The summed E-state index contributed by atoms with van der Waals surface area (Å²) in [6.45, 7) is 2.77. The van der Waals surface area contributed by atoms with Crippen LogP contribution >= 0.6 is 0 Å². The molecule has 0 saturated carbocycles. The number of benzene rings is 1. The van der Waals surface area contributed by atoms with Crippen molar-refractivity contribution >= 4 is 22.8 Å². The van der Waals surface area contributed by atoms with Crippen molar-refractivity contribution in [2.75, 3.05) is 24.6 Å². The zero-order chi connectivity index (χ0) is 14.4. The van der Waals surface area contributed by atoms with Gasteiger partial charge in [0.05, 0.1) is 11.0 Å². The molecular weight excluding hydrogens is 266 g/mol. The molecule has 1 atom stereocenters. The van der Waals surface area contributed by atoms with Gasteiger partial charge in [-0.1, -0.05) is 6.07 Å². The number of rotatable bonds is 2. The van der Waals surface area contributed by atoms with Crippen LogP contribution in [-0.4, -0.2) is 40.1 Å². The zero-order valence-corrected chi connectivity index (χ0v) is 12.0. The van der Waals surface area contributed by atoms with Gasteiger partial charge in [0.15, 0.2) is 5.78 Å². The third-order valence-electron chi connectivity index (χ3n) is 4.67. The summed E-state index contributed by atoms with van der Waals surface area (Å²) in [6.07, 6.45) is 2.71. The molecule has 2 aliphatic heterocycles. The first-order valence-corrected chi connectivity index (χ1v) is 7.66. The Morgan fingerprint density at radius 1 is 1.33 bits per heavy atom. The highest BCUT2D eigenvalue weighted by Gasteiger charge is 2.28. The zero-order valence-electron chi connectivity index (χ0n) is 12.0. The van der Waals surface area contributed by atoms with E-state index in [0.29, 0.717) is 18.9 Å². The van der Waals surface area contributed by atoms with E-state index in [9.17, 15) is 9.90 Å². The normalized spacial score (nSPS) is 22.0. The predicted octanol–water partition coefficient (Wildman–Crippen LogP) is 1.83. The topological polar surface area (TPSA) is 58.4 Å². The van der Waals surface area contributed by atoms with Crippen molar-refractivity contribution in [3.05, 3.63) is 23.8 Å². The van der Waals surface area contributed by atoms with Gasteiger partial charge in [0, 0.05) is 38.2 Å². The summed E-state index contributed by atoms with van der Waals surface area (Å²) < 4.78 is 2.19. The third kappa shape index (κ3) is 1.95. The summed E-state index contributed by atoms with van der Waals surface area (Å²) >= 11 is 0. The highest BCUT2D eigenvalue weighted by Crippen LogP contribution is 2.32. The van der Waals surface area contributed by atoms with Crippen molar-refractivity contribution in [2.24, 2.45) is 5.92 Å². The molecule has 1 saturated heterocycles. The molecule has 5 heteroatoms. The summed E-state index contributed by atoms with van der Waals surface area (Å²) in [4.78, 5) is 19.1. The molecule has 2 aromatic rings. The van der Waals surface area contributed by atoms with E-state index in [1.54, 1.807) is 0 Å². The van der Waals surface area contributed by atoms with Gasteiger partial charge in [-0.05, 0) is 30.9 Å². The number of aliphatic hydroxyl groups is 1. The van der Waals surface area contributed by atoms with Gasteiger partial charge < -0.3 is 14.6 Å². The van der Waals surface area contributed by atoms with E-state index in [-0.39, 0.29) is 12.4 Å². The van der Waals surface area contributed by atoms with Crippen molar-refractivity contribution in [2.45, 2.75) is 25.8 Å². The number of imidazole rings is 1. The van der Waals surface area contributed by atoms with Crippen molar-refractivity contribution < 1.29 is 9.90 Å². The Labute approximate surface area is 123 Å². The summed E-state index contributed by atoms with van der Waals surface area (Å²) in [5.41, 5.74) is 2.68. The lowest BCUT2D eigenvalue weighted by atomic mass is 9.99. The quantitative estimate of drug-likeness (QED) is 0.914. The third-order valence-corrected chi connectivity index (χ3v) is 4.67. The number of hydrogen-bond donors (Lipinski definition) is 1. The number of aryl methyl sites for hydroxylation is 1. The highest BCUT2D eigenvalue weighted by molar-refractivity contribution is 6.08. The second-order valence-electron chi connectivity index (χ2n) is 6.05. The first kappa shape index (κ1) is 12.8. The van der Waals surface area contributed by atoms with Crippen molar-refractivity contribution in [1.29, 1.82) is 0 Å². The molecule has 1 aromatic heterocycles. The predicted molar refractivity (Wildman–Crippen MR) is 80.7 cm³/mol. The minimum absolute atomic E-state index is 0.214. The molecule has 0 bridgehead atoms. The van der Waals surface area contributed by atoms with Gasteiger partial charge in [-0.2, -0.15) is 0 Å². The first-order valence-electron chi connectivity index (χ1n) is 7.66. The second kappa shape index (κ2) is 4.84. The summed E-state index contributed by atoms with van der Waals surface area (Å²) in [6, 6.07) is 5.79. The van der Waals surface area contributed by atoms with Crippen molar-refractivity contribution in [1.82, 2.24) is 9.55 Å². The number of carbonyl (C=O) groups is 1. The number of carbonyl (C=O) groups excluding carboxylic acids is 1. The number of aliphatic hydroxyl groups excluding tert-OH is 1. The van der Waals surface area contributed by atoms with Crippen molar-refractivity contribution in [3.63, 3.8) is 0 Å². The van der Waals surface area contributed by atoms with Gasteiger partial charge in [-0.3, -0.25) is 4.79 Å². The largest absolute Gasteiger partial charge is 0.396 e. The van der Waals surface area contributed by atoms with Gasteiger partial charge in [-0.15, -0.1) is 0 Å². The van der Waals surface area contributed by atoms with Gasteiger partial charge >= 0.3 is 0 Å². The molecule has 1 unspecified atom stereocenters. The minimum atomic E-state index is 0.214. The average Bonchev–Trinajstić information content (AvgIpc) is 2.91. The second-order valence-corrected chi connectivity index (χ2v) is 6.05. The standard InChI is InChI=1S/C16H19N3O2/c20-10-11-3-2-7-18(9-11)16-17-13-5-1-4-12-14(21)6-8-19(16)15(12)13/h1,4-5,11,20H,2-3,6-10H2. The monoisotopic (exact) mass is 285 g/mol. The van der Waals surface area contributed by atoms with Crippen LogP contribution in [0.5, 0.6) is 0 Å². The van der Waals surface area contributed by atoms with Gasteiger partial charge in [0.25, 0.3) is 0 Å². The van der Waals surface area contributed by atoms with Gasteiger partial charge in [0.2, 0.25) is 5.95 Å². The van der Waals surface area contributed by atoms with E-state index in [0.717, 1.165) is 48.5 Å². The number of hydrogen-bond acceptors (Lipinski definition) is 4. The van der Waals surface area contributed by atoms with E-state index in [1.807, 2.05) is 18.2 Å². The van der Waals surface area contributed by atoms with Crippen LogP contribution in [0.4, 0.5) is 5.95 Å². The molecule has 3 heterocycles. The molecule has 0 spiro atoms. The maximum Gasteiger partial charge on any atom is 0.206 e. The fraction of sp³-hybridized carbons (Fsp3) is 0.500. The van der Waals surface area contributed by atoms with E-state index < -0.39 is 0 Å². The van der Waals surface area contributed by atoms with Crippen LogP contribution < -0.4 is 4.90 Å². The SMILES string of the molecule is O=C1CCn2c(N3CCCC(CO)C3)nc3cccc1c32. The minimum Gasteiger partial charge on any atom is -0.396 e. The molecule has 110 valence electrons. The molecule has 1 aromatic carbocycles. The van der Waals surface area contributed by atoms with Crippen LogP contribution in [0.25, 0.3) is 11.0 Å². The Kier molecular flexibility index (Phi) is 2.96.